The molecule has 1 heterocycles. The third-order valence-corrected chi connectivity index (χ3v) is 4.03. The SMILES string of the molecule is C1C[C@H]2C[C@@H]1[C@@H]1CNC[C@@H]21. The van der Waals surface area contributed by atoms with Crippen molar-refractivity contribution in [1.82, 2.24) is 5.32 Å². The van der Waals surface area contributed by atoms with Crippen LogP contribution in [0, 0.1) is 23.7 Å². The highest BCUT2D eigenvalue weighted by Gasteiger charge is 2.48. The van der Waals surface area contributed by atoms with Crippen LogP contribution in [0.15, 0.2) is 0 Å². The highest BCUT2D eigenvalue weighted by Crippen LogP contribution is 2.53. The molecular weight excluding hydrogens is 122 g/mol. The summed E-state index contributed by atoms with van der Waals surface area (Å²) in [5, 5.41) is 3.53. The Labute approximate surface area is 62.2 Å². The van der Waals surface area contributed by atoms with Crippen molar-refractivity contribution in [3.63, 3.8) is 0 Å². The first-order valence-corrected chi connectivity index (χ1v) is 4.66. The van der Waals surface area contributed by atoms with E-state index in [9.17, 15) is 0 Å². The number of fused-ring (bicyclic) bond motifs is 5. The number of rotatable bonds is 0. The molecule has 0 unspecified atom stereocenters. The molecule has 1 aliphatic heterocycles. The van der Waals surface area contributed by atoms with E-state index in [-0.39, 0.29) is 0 Å². The van der Waals surface area contributed by atoms with Crippen molar-refractivity contribution in [1.29, 1.82) is 0 Å². The number of hydrogen-bond acceptors (Lipinski definition) is 1. The van der Waals surface area contributed by atoms with Gasteiger partial charge in [-0.1, -0.05) is 0 Å². The monoisotopic (exact) mass is 137 g/mol. The average Bonchev–Trinajstić information content (AvgIpc) is 2.60. The molecular formula is C9H15N. The van der Waals surface area contributed by atoms with Crippen LogP contribution in [0.4, 0.5) is 0 Å². The van der Waals surface area contributed by atoms with Gasteiger partial charge >= 0.3 is 0 Å². The van der Waals surface area contributed by atoms with Crippen molar-refractivity contribution in [2.45, 2.75) is 19.3 Å². The Morgan fingerprint density at radius 1 is 0.900 bits per heavy atom. The fourth-order valence-corrected chi connectivity index (χ4v) is 3.58. The largest absolute Gasteiger partial charge is 0.316 e. The van der Waals surface area contributed by atoms with Gasteiger partial charge in [-0.2, -0.15) is 0 Å². The summed E-state index contributed by atoms with van der Waals surface area (Å²) in [5.74, 6) is 4.45. The van der Waals surface area contributed by atoms with E-state index in [2.05, 4.69) is 5.32 Å². The van der Waals surface area contributed by atoms with Crippen molar-refractivity contribution in [2.75, 3.05) is 13.1 Å². The summed E-state index contributed by atoms with van der Waals surface area (Å²) >= 11 is 0. The van der Waals surface area contributed by atoms with Gasteiger partial charge in [0.25, 0.3) is 0 Å². The molecule has 2 aliphatic carbocycles. The fourth-order valence-electron chi connectivity index (χ4n) is 3.58. The summed E-state index contributed by atoms with van der Waals surface area (Å²) in [4.78, 5) is 0. The van der Waals surface area contributed by atoms with Crippen LogP contribution in [0.2, 0.25) is 0 Å². The third kappa shape index (κ3) is 0.531. The molecule has 3 aliphatic rings. The van der Waals surface area contributed by atoms with Crippen molar-refractivity contribution in [3.8, 4) is 0 Å². The summed E-state index contributed by atoms with van der Waals surface area (Å²) < 4.78 is 0. The second kappa shape index (κ2) is 1.76. The second-order valence-electron chi connectivity index (χ2n) is 4.32. The maximum Gasteiger partial charge on any atom is -0.00145 e. The zero-order chi connectivity index (χ0) is 6.55. The molecule has 0 amide bonds. The fraction of sp³-hybridized carbons (Fsp3) is 1.00. The van der Waals surface area contributed by atoms with Gasteiger partial charge in [-0.05, 0) is 56.0 Å². The van der Waals surface area contributed by atoms with E-state index < -0.39 is 0 Å². The van der Waals surface area contributed by atoms with Crippen molar-refractivity contribution in [3.05, 3.63) is 0 Å². The maximum atomic E-state index is 3.53. The van der Waals surface area contributed by atoms with Gasteiger partial charge in [-0.3, -0.25) is 0 Å². The van der Waals surface area contributed by atoms with Crippen LogP contribution in [0.25, 0.3) is 0 Å². The first-order valence-electron chi connectivity index (χ1n) is 4.66. The molecule has 0 aromatic carbocycles. The van der Waals surface area contributed by atoms with E-state index in [4.69, 9.17) is 0 Å². The van der Waals surface area contributed by atoms with Crippen LogP contribution in [-0.4, -0.2) is 13.1 Å². The molecule has 0 radical (unpaired) electrons. The molecule has 10 heavy (non-hydrogen) atoms. The predicted octanol–water partition coefficient (Wildman–Crippen LogP) is 1.25. The van der Waals surface area contributed by atoms with Gasteiger partial charge in [-0.15, -0.1) is 0 Å². The maximum absolute atomic E-state index is 3.53. The molecule has 2 bridgehead atoms. The Bertz CT molecular complexity index is 139. The van der Waals surface area contributed by atoms with Gasteiger partial charge in [0.05, 0.1) is 0 Å². The zero-order valence-electron chi connectivity index (χ0n) is 6.34. The number of nitrogens with one attached hydrogen (secondary N) is 1. The minimum Gasteiger partial charge on any atom is -0.316 e. The Kier molecular flexibility index (Phi) is 0.984. The molecule has 2 saturated carbocycles. The third-order valence-electron chi connectivity index (χ3n) is 4.03. The minimum absolute atomic E-state index is 1.10. The van der Waals surface area contributed by atoms with Crippen LogP contribution in [-0.2, 0) is 0 Å². The second-order valence-corrected chi connectivity index (χ2v) is 4.32. The molecule has 1 heteroatoms. The smallest absolute Gasteiger partial charge is 0.00145 e. The Hall–Kier alpha value is -0.0400. The standard InChI is InChI=1S/C9H15N/c1-2-7-3-6(1)8-4-10-5-9(7)8/h6-10H,1-5H2/t6-,7+,8-,9-/m0/s1. The van der Waals surface area contributed by atoms with E-state index in [1.165, 1.54) is 13.1 Å². The van der Waals surface area contributed by atoms with Gasteiger partial charge in [0.1, 0.15) is 0 Å². The van der Waals surface area contributed by atoms with E-state index in [0.29, 0.717) is 0 Å². The Morgan fingerprint density at radius 3 is 2.10 bits per heavy atom. The van der Waals surface area contributed by atoms with Gasteiger partial charge in [0, 0.05) is 0 Å². The van der Waals surface area contributed by atoms with Crippen LogP contribution < -0.4 is 5.32 Å². The average molecular weight is 137 g/mol. The highest BCUT2D eigenvalue weighted by atomic mass is 14.9. The van der Waals surface area contributed by atoms with E-state index >= 15 is 0 Å². The molecule has 4 atom stereocenters. The van der Waals surface area contributed by atoms with Crippen LogP contribution in [0.5, 0.6) is 0 Å². The predicted molar refractivity (Wildman–Crippen MR) is 40.7 cm³/mol. The minimum atomic E-state index is 1.10. The highest BCUT2D eigenvalue weighted by molar-refractivity contribution is 5.00. The lowest BCUT2D eigenvalue weighted by Crippen LogP contribution is -2.19. The Morgan fingerprint density at radius 2 is 1.50 bits per heavy atom. The first-order chi connectivity index (χ1) is 4.95. The first kappa shape index (κ1) is 5.59. The topological polar surface area (TPSA) is 12.0 Å². The van der Waals surface area contributed by atoms with Gasteiger partial charge in [0.2, 0.25) is 0 Å². The van der Waals surface area contributed by atoms with E-state index in [0.717, 1.165) is 23.7 Å². The lowest BCUT2D eigenvalue weighted by atomic mass is 9.82. The molecule has 0 aromatic heterocycles. The van der Waals surface area contributed by atoms with Crippen LogP contribution in [0.3, 0.4) is 0 Å². The molecule has 1 N–H and O–H groups in total. The van der Waals surface area contributed by atoms with Crippen LogP contribution in [0.1, 0.15) is 19.3 Å². The molecule has 3 rings (SSSR count). The normalized spacial score (nSPS) is 57.6. The van der Waals surface area contributed by atoms with E-state index in [1.54, 1.807) is 19.3 Å². The van der Waals surface area contributed by atoms with Gasteiger partial charge in [0.15, 0.2) is 0 Å². The quantitative estimate of drug-likeness (QED) is 0.530. The molecule has 1 saturated heterocycles. The molecule has 3 fully saturated rings. The number of hydrogen-bond donors (Lipinski definition) is 1. The summed E-state index contributed by atoms with van der Waals surface area (Å²) in [6.07, 6.45) is 4.68. The molecule has 56 valence electrons. The van der Waals surface area contributed by atoms with Gasteiger partial charge in [-0.25, -0.2) is 0 Å². The summed E-state index contributed by atoms with van der Waals surface area (Å²) in [6, 6.07) is 0. The van der Waals surface area contributed by atoms with Gasteiger partial charge < -0.3 is 5.32 Å². The van der Waals surface area contributed by atoms with E-state index in [1.807, 2.05) is 0 Å². The van der Waals surface area contributed by atoms with Crippen molar-refractivity contribution >= 4 is 0 Å². The Balaban J connectivity index is 1.92. The van der Waals surface area contributed by atoms with Crippen molar-refractivity contribution < 1.29 is 0 Å². The summed E-state index contributed by atoms with van der Waals surface area (Å²) in [6.45, 7) is 2.68. The summed E-state index contributed by atoms with van der Waals surface area (Å²) in [7, 11) is 0. The molecule has 1 nitrogen and oxygen atoms in total. The molecule has 0 aromatic rings. The van der Waals surface area contributed by atoms with Crippen molar-refractivity contribution in [2.24, 2.45) is 23.7 Å². The molecule has 0 spiro atoms. The van der Waals surface area contributed by atoms with Crippen LogP contribution >= 0.6 is 0 Å². The summed E-state index contributed by atoms with van der Waals surface area (Å²) in [5.41, 5.74) is 0. The lowest BCUT2D eigenvalue weighted by Gasteiger charge is -2.22. The zero-order valence-corrected chi connectivity index (χ0v) is 6.34. The lowest BCUT2D eigenvalue weighted by molar-refractivity contribution is 0.281.